The molecule has 77 heavy (non-hydrogen) atoms. The van der Waals surface area contributed by atoms with Gasteiger partial charge >= 0.3 is 47.5 Å². The van der Waals surface area contributed by atoms with Gasteiger partial charge in [-0.2, -0.15) is 0 Å². The Bertz CT molecular complexity index is 1730. The Morgan fingerprint density at radius 3 is 0.506 bits per heavy atom. The molecule has 0 bridgehead atoms. The smallest absolute Gasteiger partial charge is 0.324 e. The van der Waals surface area contributed by atoms with Crippen molar-refractivity contribution in [2.45, 2.75) is 238 Å². The van der Waals surface area contributed by atoms with Crippen molar-refractivity contribution in [1.29, 1.82) is 0 Å². The van der Waals surface area contributed by atoms with Crippen LogP contribution in [0.1, 0.15) is 152 Å². The first-order valence-electron chi connectivity index (χ1n) is 25.3. The van der Waals surface area contributed by atoms with Gasteiger partial charge in [0.05, 0.1) is 85.5 Å². The first kappa shape index (κ1) is 80.5. The molecule has 0 saturated carbocycles. The van der Waals surface area contributed by atoms with Crippen LogP contribution < -0.4 is 0 Å². The fraction of sp³-hybridized carbons (Fsp3) is 1.00. The van der Waals surface area contributed by atoms with E-state index < -0.39 is 133 Å². The molecule has 0 aromatic heterocycles. The minimum absolute atomic E-state index is 0.0323. The van der Waals surface area contributed by atoms with Crippen molar-refractivity contribution in [3.8, 4) is 0 Å². The first-order chi connectivity index (χ1) is 34.9. The van der Waals surface area contributed by atoms with E-state index in [0.717, 1.165) is 68.3 Å². The van der Waals surface area contributed by atoms with Crippen LogP contribution in [0, 0.1) is 0 Å². The van der Waals surface area contributed by atoms with Gasteiger partial charge in [0.15, 0.2) is 0 Å². The quantitative estimate of drug-likeness (QED) is 0.0556. The van der Waals surface area contributed by atoms with E-state index in [1.807, 2.05) is 0 Å². The van der Waals surface area contributed by atoms with Crippen LogP contribution in [0.15, 0.2) is 0 Å². The van der Waals surface area contributed by atoms with Gasteiger partial charge in [0.2, 0.25) is 0 Å². The lowest BCUT2D eigenvalue weighted by atomic mass is 10.5. The fourth-order valence-corrected chi connectivity index (χ4v) is 33.0. The summed E-state index contributed by atoms with van der Waals surface area (Å²) in [6.07, 6.45) is -8.43. The highest BCUT2D eigenvalue weighted by molar-refractivity contribution is 8.57. The molecule has 0 aliphatic rings. The van der Waals surface area contributed by atoms with Gasteiger partial charge in [-0.3, -0.25) is 54.3 Å². The predicted octanol–water partition coefficient (Wildman–Crippen LogP) is 18.1. The van der Waals surface area contributed by atoms with Crippen LogP contribution in [-0.2, 0) is 103 Å². The van der Waals surface area contributed by atoms with E-state index in [2.05, 4.69) is 0 Å². The third-order valence-corrected chi connectivity index (χ3v) is 34.1. The van der Waals surface area contributed by atoms with Gasteiger partial charge < -0.3 is 13.9 Å². The molecule has 0 heterocycles. The standard InChI is InChI=1S/C42H93O21P7S7/c1-29(2)50-65(44,51-30(3)4)72-25-39(19)60-69(48,61-40(20)26-73-66(45,52-31(5)6)53-32(7)8)76-23-37(17)58-64(43,71)59-38(18)24-77-70(49,62-41(21)27-74-67(46,54-33(9)10)55-34(11)12)63-42(22)28-75-68(47,56-35(13)14)57-36(15)16/h29-42H,23-28H2,1-22H3,(H,43,71). The first-order valence-corrected chi connectivity index (χ1v) is 46.7. The summed E-state index contributed by atoms with van der Waals surface area (Å²) < 4.78 is 165. The molecule has 21 nitrogen and oxygen atoms in total. The minimum Gasteiger partial charge on any atom is -0.324 e. The molecule has 35 heteroatoms. The Morgan fingerprint density at radius 2 is 0.377 bits per heavy atom. The van der Waals surface area contributed by atoms with E-state index in [1.54, 1.807) is 152 Å². The summed E-state index contributed by atoms with van der Waals surface area (Å²) >= 11 is 10.6. The van der Waals surface area contributed by atoms with E-state index >= 15 is 0 Å². The second-order valence-electron chi connectivity index (χ2n) is 19.7. The molecule has 0 aromatic carbocycles. The van der Waals surface area contributed by atoms with E-state index in [4.69, 9.17) is 75.1 Å². The van der Waals surface area contributed by atoms with Crippen LogP contribution in [0.2, 0.25) is 0 Å². The Kier molecular flexibility index (Phi) is 39.8. The predicted molar refractivity (Wildman–Crippen MR) is 330 cm³/mol. The summed E-state index contributed by atoms with van der Waals surface area (Å²) in [6.45, 7) is 10.3. The van der Waals surface area contributed by atoms with Crippen LogP contribution >= 0.6 is 116 Å². The van der Waals surface area contributed by atoms with Gasteiger partial charge in [0.25, 0.3) is 0 Å². The van der Waals surface area contributed by atoms with Gasteiger partial charge in [-0.1, -0.05) is 0 Å². The maximum absolute atomic E-state index is 14.7. The van der Waals surface area contributed by atoms with Crippen LogP contribution in [0.25, 0.3) is 0 Å². The highest BCUT2D eigenvalue weighted by Crippen LogP contribution is 2.69. The summed E-state index contributed by atoms with van der Waals surface area (Å²) in [5.41, 5.74) is 0. The van der Waals surface area contributed by atoms with Gasteiger partial charge in [0.1, 0.15) is 0 Å². The average molecular weight is 1380 g/mol. The van der Waals surface area contributed by atoms with Crippen molar-refractivity contribution >= 4 is 128 Å². The van der Waals surface area contributed by atoms with E-state index in [9.17, 15) is 32.3 Å². The number of rotatable bonds is 46. The highest BCUT2D eigenvalue weighted by atomic mass is 32.7. The molecule has 0 spiro atoms. The molecular weight excluding hydrogens is 1280 g/mol. The van der Waals surface area contributed by atoms with Crippen molar-refractivity contribution in [2.24, 2.45) is 0 Å². The Labute approximate surface area is 491 Å². The normalized spacial score (nSPS) is 18.4. The Morgan fingerprint density at radius 1 is 0.260 bits per heavy atom. The Hall–Kier alpha value is 3.53. The molecule has 1 N–H and O–H groups in total. The van der Waals surface area contributed by atoms with Crippen LogP contribution in [0.5, 0.6) is 0 Å². The van der Waals surface area contributed by atoms with Crippen molar-refractivity contribution in [3.05, 3.63) is 0 Å². The van der Waals surface area contributed by atoms with Gasteiger partial charge in [-0.25, -0.2) is 27.4 Å². The highest BCUT2D eigenvalue weighted by Gasteiger charge is 2.40. The lowest BCUT2D eigenvalue weighted by molar-refractivity contribution is 0.138. The molecule has 0 amide bonds. The molecule has 6 unspecified atom stereocenters. The monoisotopic (exact) mass is 1370 g/mol. The topological polar surface area (TPSA) is 252 Å². The molecule has 0 fully saturated rings. The molecular formula is C42H93O21P7S7. The molecule has 0 aliphatic carbocycles. The van der Waals surface area contributed by atoms with E-state index in [0.29, 0.717) is 0 Å². The molecule has 0 saturated heterocycles. The Balaban J connectivity index is 6.44. The number of hydrogen-bond donors (Lipinski definition) is 1. The summed E-state index contributed by atoms with van der Waals surface area (Å²) in [6, 6.07) is 0. The van der Waals surface area contributed by atoms with Crippen LogP contribution in [-0.4, -0.2) is 125 Å². The van der Waals surface area contributed by atoms with Crippen LogP contribution in [0.3, 0.4) is 0 Å². The summed E-state index contributed by atoms with van der Waals surface area (Å²) in [4.78, 5) is 11.4. The SMILES string of the molecule is CC(C)OP(=O)(OC(C)C)SCC(C)OP(=O)(OC(C)CSP(=O)(OC(C)C)OC(C)C)SCC(C)OP(O)(=S)OC(C)CSP(=O)(OC(C)CSP(=O)(OC(C)C)OC(C)C)OC(C)CSP(=O)(OC(C)C)OC(C)C. The minimum atomic E-state index is -4.16. The lowest BCUT2D eigenvalue weighted by Crippen LogP contribution is -2.19. The van der Waals surface area contributed by atoms with Gasteiger partial charge in [0, 0.05) is 34.5 Å². The van der Waals surface area contributed by atoms with Gasteiger partial charge in [-0.05, 0) is 232 Å². The number of hydrogen-bond acceptors (Lipinski definition) is 27. The summed E-state index contributed by atoms with van der Waals surface area (Å²) in [7, 11) is 0. The molecule has 6 atom stereocenters. The third-order valence-electron chi connectivity index (χ3n) is 7.39. The largest absolute Gasteiger partial charge is 0.389 e. The van der Waals surface area contributed by atoms with E-state index in [-0.39, 0.29) is 34.5 Å². The lowest BCUT2D eigenvalue weighted by Gasteiger charge is -2.29. The molecule has 0 radical (unpaired) electrons. The second-order valence-corrected chi connectivity index (χ2v) is 46.5. The second kappa shape index (κ2) is 38.1. The van der Waals surface area contributed by atoms with Crippen LogP contribution in [0.4, 0.5) is 0 Å². The van der Waals surface area contributed by atoms with Crippen molar-refractivity contribution in [1.82, 2.24) is 0 Å². The summed E-state index contributed by atoms with van der Waals surface area (Å²) in [5, 5.41) is 0. The average Bonchev–Trinajstić information content (AvgIpc) is 3.19. The maximum atomic E-state index is 14.7. The zero-order valence-electron chi connectivity index (χ0n) is 48.9. The van der Waals surface area contributed by atoms with Gasteiger partial charge in [-0.15, -0.1) is 0 Å². The summed E-state index contributed by atoms with van der Waals surface area (Å²) in [5.74, 6) is -0.0717. The third kappa shape index (κ3) is 39.8. The maximum Gasteiger partial charge on any atom is 0.389 e. The molecule has 0 aromatic rings. The van der Waals surface area contributed by atoms with Crippen molar-refractivity contribution < 1.29 is 95.6 Å². The molecule has 0 aliphatic heterocycles. The van der Waals surface area contributed by atoms with Crippen molar-refractivity contribution in [3.63, 3.8) is 0 Å². The van der Waals surface area contributed by atoms with Crippen molar-refractivity contribution in [2.75, 3.05) is 34.5 Å². The zero-order chi connectivity index (χ0) is 60.0. The molecule has 464 valence electrons. The zero-order valence-corrected chi connectivity index (χ0v) is 60.9. The van der Waals surface area contributed by atoms with E-state index in [1.165, 1.54) is 0 Å². The molecule has 0 rings (SSSR count). The fourth-order valence-electron chi connectivity index (χ4n) is 5.30.